The second-order valence-corrected chi connectivity index (χ2v) is 7.22. The molecule has 1 N–H and O–H groups in total. The summed E-state index contributed by atoms with van der Waals surface area (Å²) in [6.07, 6.45) is 6.31. The fraction of sp³-hybridized carbons (Fsp3) is 0.933. The first-order chi connectivity index (χ1) is 8.58. The fourth-order valence-corrected chi connectivity index (χ4v) is 4.41. The van der Waals surface area contributed by atoms with Gasteiger partial charge in [-0.2, -0.15) is 0 Å². The molecule has 2 rings (SSSR count). The van der Waals surface area contributed by atoms with Crippen LogP contribution < -0.4 is 5.32 Å². The molecular formula is C15H28N2S. The molecule has 0 bridgehead atoms. The lowest BCUT2D eigenvalue weighted by molar-refractivity contribution is 0.252. The highest BCUT2D eigenvalue weighted by Crippen LogP contribution is 2.33. The van der Waals surface area contributed by atoms with Gasteiger partial charge < -0.3 is 5.32 Å². The molecule has 2 aliphatic rings. The third-order valence-corrected chi connectivity index (χ3v) is 6.26. The number of aliphatic imine (C=N–C) groups is 1. The van der Waals surface area contributed by atoms with Crippen molar-refractivity contribution in [2.75, 3.05) is 5.75 Å². The van der Waals surface area contributed by atoms with E-state index in [1.54, 1.807) is 0 Å². The quantitative estimate of drug-likeness (QED) is 0.834. The molecule has 1 aliphatic heterocycles. The first kappa shape index (κ1) is 14.2. The zero-order chi connectivity index (χ0) is 13.2. The van der Waals surface area contributed by atoms with E-state index in [2.05, 4.69) is 33.0 Å². The zero-order valence-corrected chi connectivity index (χ0v) is 13.1. The van der Waals surface area contributed by atoms with Gasteiger partial charge in [0.1, 0.15) is 0 Å². The standard InChI is InChI=1S/C15H28N2S/c1-5-15(6-2)10-18-14(17-15)16-13-8-7-11(3)12(4)9-13/h11-13H,5-10H2,1-4H3,(H,16,17). The van der Waals surface area contributed by atoms with Crippen LogP contribution >= 0.6 is 11.8 Å². The lowest BCUT2D eigenvalue weighted by atomic mass is 9.79. The van der Waals surface area contributed by atoms with Crippen LogP contribution in [0.5, 0.6) is 0 Å². The molecule has 1 saturated heterocycles. The van der Waals surface area contributed by atoms with Crippen molar-refractivity contribution in [3.8, 4) is 0 Å². The molecule has 0 aromatic heterocycles. The van der Waals surface area contributed by atoms with E-state index < -0.39 is 0 Å². The summed E-state index contributed by atoms with van der Waals surface area (Å²) >= 11 is 1.93. The summed E-state index contributed by atoms with van der Waals surface area (Å²) in [6.45, 7) is 9.33. The van der Waals surface area contributed by atoms with Crippen molar-refractivity contribution in [2.45, 2.75) is 71.4 Å². The van der Waals surface area contributed by atoms with Crippen molar-refractivity contribution >= 4 is 16.9 Å². The van der Waals surface area contributed by atoms with Gasteiger partial charge in [-0.3, -0.25) is 4.99 Å². The molecule has 1 aliphatic carbocycles. The second-order valence-electron chi connectivity index (χ2n) is 6.26. The number of thioether (sulfide) groups is 1. The first-order valence-electron chi connectivity index (χ1n) is 7.57. The maximum atomic E-state index is 4.98. The number of rotatable bonds is 3. The summed E-state index contributed by atoms with van der Waals surface area (Å²) in [7, 11) is 0. The van der Waals surface area contributed by atoms with Gasteiger partial charge in [0.15, 0.2) is 5.17 Å². The average Bonchev–Trinajstić information content (AvgIpc) is 2.78. The van der Waals surface area contributed by atoms with E-state index in [9.17, 15) is 0 Å². The van der Waals surface area contributed by atoms with Gasteiger partial charge in [0, 0.05) is 11.3 Å². The molecule has 18 heavy (non-hydrogen) atoms. The maximum absolute atomic E-state index is 4.98. The summed E-state index contributed by atoms with van der Waals surface area (Å²) in [4.78, 5) is 4.98. The number of amidine groups is 1. The van der Waals surface area contributed by atoms with E-state index >= 15 is 0 Å². The average molecular weight is 268 g/mol. The Balaban J connectivity index is 1.95. The molecule has 2 nitrogen and oxygen atoms in total. The molecule has 3 atom stereocenters. The number of nitrogens with zero attached hydrogens (tertiary/aromatic N) is 1. The topological polar surface area (TPSA) is 24.4 Å². The largest absolute Gasteiger partial charge is 0.359 e. The molecule has 104 valence electrons. The Morgan fingerprint density at radius 1 is 1.22 bits per heavy atom. The summed E-state index contributed by atoms with van der Waals surface area (Å²) in [5.74, 6) is 2.91. The SMILES string of the molecule is CCC1(CC)CSC(=NC2CCC(C)C(C)C2)N1. The Bertz CT molecular complexity index is 310. The summed E-state index contributed by atoms with van der Waals surface area (Å²) in [5.41, 5.74) is 0.317. The minimum Gasteiger partial charge on any atom is -0.359 e. The summed E-state index contributed by atoms with van der Waals surface area (Å²) in [6, 6.07) is 0.565. The van der Waals surface area contributed by atoms with E-state index in [1.807, 2.05) is 11.8 Å². The normalized spacial score (nSPS) is 37.8. The summed E-state index contributed by atoms with van der Waals surface area (Å²) in [5, 5.41) is 4.90. The molecular weight excluding hydrogens is 240 g/mol. The Morgan fingerprint density at radius 2 is 1.94 bits per heavy atom. The van der Waals surface area contributed by atoms with Gasteiger partial charge in [0.25, 0.3) is 0 Å². The monoisotopic (exact) mass is 268 g/mol. The Hall–Kier alpha value is -0.180. The molecule has 3 heteroatoms. The number of hydrogen-bond acceptors (Lipinski definition) is 2. The van der Waals surface area contributed by atoms with E-state index in [0.29, 0.717) is 11.6 Å². The van der Waals surface area contributed by atoms with Gasteiger partial charge in [0.2, 0.25) is 0 Å². The van der Waals surface area contributed by atoms with Crippen molar-refractivity contribution in [1.82, 2.24) is 5.32 Å². The van der Waals surface area contributed by atoms with Gasteiger partial charge in [-0.15, -0.1) is 0 Å². The highest BCUT2D eigenvalue weighted by molar-refractivity contribution is 8.14. The predicted molar refractivity (Wildman–Crippen MR) is 82.3 cm³/mol. The molecule has 1 saturated carbocycles. The smallest absolute Gasteiger partial charge is 0.157 e. The van der Waals surface area contributed by atoms with Gasteiger partial charge in [0.05, 0.1) is 6.04 Å². The van der Waals surface area contributed by atoms with Crippen LogP contribution in [0, 0.1) is 11.8 Å². The van der Waals surface area contributed by atoms with E-state index in [1.165, 1.54) is 43.0 Å². The Labute approximate surface area is 116 Å². The van der Waals surface area contributed by atoms with Crippen LogP contribution in [0.2, 0.25) is 0 Å². The van der Waals surface area contributed by atoms with E-state index in [-0.39, 0.29) is 0 Å². The van der Waals surface area contributed by atoms with Crippen LogP contribution in [0.25, 0.3) is 0 Å². The number of nitrogens with one attached hydrogen (secondary N) is 1. The molecule has 2 fully saturated rings. The van der Waals surface area contributed by atoms with Crippen LogP contribution in [0.15, 0.2) is 4.99 Å². The van der Waals surface area contributed by atoms with Crippen molar-refractivity contribution in [3.63, 3.8) is 0 Å². The Morgan fingerprint density at radius 3 is 2.50 bits per heavy atom. The molecule has 1 heterocycles. The second kappa shape index (κ2) is 5.85. The summed E-state index contributed by atoms with van der Waals surface area (Å²) < 4.78 is 0. The molecule has 0 spiro atoms. The predicted octanol–water partition coefficient (Wildman–Crippen LogP) is 4.06. The molecule has 0 radical (unpaired) electrons. The van der Waals surface area contributed by atoms with Gasteiger partial charge in [-0.1, -0.05) is 39.5 Å². The van der Waals surface area contributed by atoms with Crippen LogP contribution in [0.3, 0.4) is 0 Å². The molecule has 0 amide bonds. The van der Waals surface area contributed by atoms with E-state index in [4.69, 9.17) is 4.99 Å². The highest BCUT2D eigenvalue weighted by atomic mass is 32.2. The van der Waals surface area contributed by atoms with Gasteiger partial charge in [-0.25, -0.2) is 0 Å². The van der Waals surface area contributed by atoms with Crippen molar-refractivity contribution in [1.29, 1.82) is 0 Å². The third-order valence-electron chi connectivity index (χ3n) is 5.08. The first-order valence-corrected chi connectivity index (χ1v) is 8.56. The fourth-order valence-electron chi connectivity index (χ4n) is 3.01. The minimum atomic E-state index is 0.317. The van der Waals surface area contributed by atoms with Crippen LogP contribution in [0.1, 0.15) is 59.8 Å². The van der Waals surface area contributed by atoms with Crippen molar-refractivity contribution < 1.29 is 0 Å². The lowest BCUT2D eigenvalue weighted by Gasteiger charge is -2.30. The van der Waals surface area contributed by atoms with Crippen molar-refractivity contribution in [2.24, 2.45) is 16.8 Å². The van der Waals surface area contributed by atoms with Crippen LogP contribution in [0.4, 0.5) is 0 Å². The molecule has 0 aromatic carbocycles. The van der Waals surface area contributed by atoms with Crippen LogP contribution in [-0.4, -0.2) is 22.5 Å². The number of hydrogen-bond donors (Lipinski definition) is 1. The zero-order valence-electron chi connectivity index (χ0n) is 12.3. The Kier molecular flexibility index (Phi) is 4.63. The van der Waals surface area contributed by atoms with Gasteiger partial charge >= 0.3 is 0 Å². The van der Waals surface area contributed by atoms with Gasteiger partial charge in [-0.05, 0) is 43.9 Å². The lowest BCUT2D eigenvalue weighted by Crippen LogP contribution is -2.42. The molecule has 3 unspecified atom stereocenters. The van der Waals surface area contributed by atoms with E-state index in [0.717, 1.165) is 11.8 Å². The maximum Gasteiger partial charge on any atom is 0.157 e. The minimum absolute atomic E-state index is 0.317. The van der Waals surface area contributed by atoms with Crippen molar-refractivity contribution in [3.05, 3.63) is 0 Å². The highest BCUT2D eigenvalue weighted by Gasteiger charge is 2.34. The third kappa shape index (κ3) is 3.04. The molecule has 0 aromatic rings. The van der Waals surface area contributed by atoms with Crippen LogP contribution in [-0.2, 0) is 0 Å².